The van der Waals surface area contributed by atoms with Crippen molar-refractivity contribution in [2.45, 2.75) is 19.5 Å². The van der Waals surface area contributed by atoms with Crippen LogP contribution in [0.3, 0.4) is 0 Å². The molecule has 2 heterocycles. The summed E-state index contributed by atoms with van der Waals surface area (Å²) in [6.07, 6.45) is 4.57. The predicted molar refractivity (Wildman–Crippen MR) is 119 cm³/mol. The Morgan fingerprint density at radius 3 is 2.69 bits per heavy atom. The molecule has 0 bridgehead atoms. The van der Waals surface area contributed by atoms with Crippen molar-refractivity contribution in [3.05, 3.63) is 95.5 Å². The number of hydrogen-bond acceptors (Lipinski definition) is 4. The summed E-state index contributed by atoms with van der Waals surface area (Å²) in [6.45, 7) is 3.55. The SMILES string of the molecule is Clc1ccc2c(NCCCN(Cc3ccccc3)Cc3ccco3)ccnc2c1. The molecule has 0 unspecified atom stereocenters. The molecule has 29 heavy (non-hydrogen) atoms. The van der Waals surface area contributed by atoms with Gasteiger partial charge in [-0.1, -0.05) is 41.9 Å². The zero-order valence-electron chi connectivity index (χ0n) is 16.2. The molecule has 0 fully saturated rings. The smallest absolute Gasteiger partial charge is 0.117 e. The van der Waals surface area contributed by atoms with Gasteiger partial charge < -0.3 is 9.73 Å². The van der Waals surface area contributed by atoms with Gasteiger partial charge in [-0.25, -0.2) is 0 Å². The van der Waals surface area contributed by atoms with Gasteiger partial charge in [0.25, 0.3) is 0 Å². The minimum atomic E-state index is 0.705. The Bertz CT molecular complexity index is 1030. The van der Waals surface area contributed by atoms with Gasteiger partial charge in [-0.05, 0) is 48.4 Å². The third-order valence-electron chi connectivity index (χ3n) is 4.88. The van der Waals surface area contributed by atoms with Crippen LogP contribution in [0, 0.1) is 0 Å². The largest absolute Gasteiger partial charge is 0.468 e. The van der Waals surface area contributed by atoms with Crippen molar-refractivity contribution in [3.63, 3.8) is 0 Å². The second-order valence-electron chi connectivity index (χ2n) is 7.08. The van der Waals surface area contributed by atoms with Crippen molar-refractivity contribution in [1.82, 2.24) is 9.88 Å². The maximum atomic E-state index is 6.08. The van der Waals surface area contributed by atoms with E-state index in [4.69, 9.17) is 16.0 Å². The molecule has 0 aliphatic carbocycles. The molecule has 0 aliphatic rings. The molecule has 0 saturated heterocycles. The molecule has 4 nitrogen and oxygen atoms in total. The van der Waals surface area contributed by atoms with E-state index in [1.165, 1.54) is 5.56 Å². The first kappa shape index (κ1) is 19.5. The minimum absolute atomic E-state index is 0.705. The molecule has 4 aromatic rings. The molecule has 148 valence electrons. The first-order chi connectivity index (χ1) is 14.3. The van der Waals surface area contributed by atoms with Crippen molar-refractivity contribution in [2.24, 2.45) is 0 Å². The Morgan fingerprint density at radius 2 is 1.86 bits per heavy atom. The minimum Gasteiger partial charge on any atom is -0.468 e. The van der Waals surface area contributed by atoms with Crippen molar-refractivity contribution in [3.8, 4) is 0 Å². The molecule has 0 spiro atoms. The Kier molecular flexibility index (Phi) is 6.45. The molecule has 1 N–H and O–H groups in total. The summed E-state index contributed by atoms with van der Waals surface area (Å²) in [5.41, 5.74) is 3.31. The summed E-state index contributed by atoms with van der Waals surface area (Å²) in [7, 11) is 0. The van der Waals surface area contributed by atoms with E-state index >= 15 is 0 Å². The third-order valence-corrected chi connectivity index (χ3v) is 5.11. The van der Waals surface area contributed by atoms with Gasteiger partial charge in [-0.3, -0.25) is 9.88 Å². The number of aromatic nitrogens is 1. The number of pyridine rings is 1. The molecule has 4 rings (SSSR count). The number of nitrogens with zero attached hydrogens (tertiary/aromatic N) is 2. The van der Waals surface area contributed by atoms with Crippen LogP contribution in [0.25, 0.3) is 10.9 Å². The van der Waals surface area contributed by atoms with Gasteiger partial charge >= 0.3 is 0 Å². The lowest BCUT2D eigenvalue weighted by atomic mass is 10.2. The Labute approximate surface area is 176 Å². The van der Waals surface area contributed by atoms with Gasteiger partial charge in [0.2, 0.25) is 0 Å². The summed E-state index contributed by atoms with van der Waals surface area (Å²) in [6, 6.07) is 22.4. The Balaban J connectivity index is 1.36. The van der Waals surface area contributed by atoms with E-state index in [0.29, 0.717) is 5.02 Å². The van der Waals surface area contributed by atoms with Crippen LogP contribution in [0.2, 0.25) is 5.02 Å². The lowest BCUT2D eigenvalue weighted by Gasteiger charge is -2.21. The number of nitrogens with one attached hydrogen (secondary N) is 1. The molecule has 0 amide bonds. The number of fused-ring (bicyclic) bond motifs is 1. The highest BCUT2D eigenvalue weighted by Crippen LogP contribution is 2.24. The van der Waals surface area contributed by atoms with Gasteiger partial charge in [0.15, 0.2) is 0 Å². The second kappa shape index (κ2) is 9.59. The van der Waals surface area contributed by atoms with Crippen LogP contribution in [0.15, 0.2) is 83.6 Å². The molecule has 0 atom stereocenters. The number of furan rings is 1. The number of halogens is 1. The van der Waals surface area contributed by atoms with Gasteiger partial charge in [0, 0.05) is 41.9 Å². The van der Waals surface area contributed by atoms with E-state index in [1.54, 1.807) is 6.26 Å². The summed E-state index contributed by atoms with van der Waals surface area (Å²) in [5, 5.41) is 5.35. The fraction of sp³-hybridized carbons (Fsp3) is 0.208. The molecular weight excluding hydrogens is 382 g/mol. The molecule has 0 aliphatic heterocycles. The third kappa shape index (κ3) is 5.37. The highest BCUT2D eigenvalue weighted by atomic mass is 35.5. The van der Waals surface area contributed by atoms with E-state index in [9.17, 15) is 0 Å². The molecule has 2 aromatic carbocycles. The molecule has 0 radical (unpaired) electrons. The average molecular weight is 406 g/mol. The van der Waals surface area contributed by atoms with Gasteiger partial charge in [0.1, 0.15) is 5.76 Å². The van der Waals surface area contributed by atoms with E-state index < -0.39 is 0 Å². The maximum absolute atomic E-state index is 6.08. The van der Waals surface area contributed by atoms with E-state index in [-0.39, 0.29) is 0 Å². The van der Waals surface area contributed by atoms with Crippen molar-refractivity contribution >= 4 is 28.2 Å². The molecule has 2 aromatic heterocycles. The molecule has 5 heteroatoms. The van der Waals surface area contributed by atoms with Crippen LogP contribution in [0.5, 0.6) is 0 Å². The number of rotatable bonds is 9. The van der Waals surface area contributed by atoms with Crippen molar-refractivity contribution in [2.75, 3.05) is 18.4 Å². The van der Waals surface area contributed by atoms with Crippen LogP contribution < -0.4 is 5.32 Å². The van der Waals surface area contributed by atoms with Crippen LogP contribution in [0.4, 0.5) is 5.69 Å². The summed E-state index contributed by atoms with van der Waals surface area (Å²) in [5.74, 6) is 0.992. The van der Waals surface area contributed by atoms with Gasteiger partial charge in [0.05, 0.1) is 18.3 Å². The summed E-state index contributed by atoms with van der Waals surface area (Å²) in [4.78, 5) is 6.82. The van der Waals surface area contributed by atoms with Crippen LogP contribution >= 0.6 is 11.6 Å². The van der Waals surface area contributed by atoms with Crippen LogP contribution in [0.1, 0.15) is 17.7 Å². The Morgan fingerprint density at radius 1 is 0.966 bits per heavy atom. The molecular formula is C24H24ClN3O. The number of anilines is 1. The standard InChI is InChI=1S/C24H24ClN3O/c25-20-9-10-22-23(11-13-27-24(22)16-20)26-12-5-14-28(18-21-8-4-15-29-21)17-19-6-2-1-3-7-19/h1-4,6-11,13,15-16H,5,12,14,17-18H2,(H,26,27). The lowest BCUT2D eigenvalue weighted by Crippen LogP contribution is -2.25. The highest BCUT2D eigenvalue weighted by Gasteiger charge is 2.09. The van der Waals surface area contributed by atoms with Crippen LogP contribution in [-0.2, 0) is 13.1 Å². The molecule has 0 saturated carbocycles. The first-order valence-electron chi connectivity index (χ1n) is 9.85. The van der Waals surface area contributed by atoms with Crippen LogP contribution in [-0.4, -0.2) is 23.0 Å². The van der Waals surface area contributed by atoms with Gasteiger partial charge in [-0.15, -0.1) is 0 Å². The van der Waals surface area contributed by atoms with Crippen molar-refractivity contribution < 1.29 is 4.42 Å². The topological polar surface area (TPSA) is 41.3 Å². The maximum Gasteiger partial charge on any atom is 0.117 e. The zero-order valence-corrected chi connectivity index (χ0v) is 17.0. The quantitative estimate of drug-likeness (QED) is 0.347. The van der Waals surface area contributed by atoms with E-state index in [1.807, 2.05) is 42.6 Å². The fourth-order valence-electron chi connectivity index (χ4n) is 3.48. The lowest BCUT2D eigenvalue weighted by molar-refractivity contribution is 0.235. The summed E-state index contributed by atoms with van der Waals surface area (Å²) >= 11 is 6.08. The number of benzene rings is 2. The van der Waals surface area contributed by atoms with Crippen molar-refractivity contribution in [1.29, 1.82) is 0 Å². The average Bonchev–Trinajstić information content (AvgIpc) is 3.24. The summed E-state index contributed by atoms with van der Waals surface area (Å²) < 4.78 is 5.56. The highest BCUT2D eigenvalue weighted by molar-refractivity contribution is 6.31. The normalized spacial score (nSPS) is 11.2. The Hall–Kier alpha value is -2.82. The zero-order chi connectivity index (χ0) is 19.9. The monoisotopic (exact) mass is 405 g/mol. The first-order valence-corrected chi connectivity index (χ1v) is 10.2. The number of hydrogen-bond donors (Lipinski definition) is 1. The fourth-order valence-corrected chi connectivity index (χ4v) is 3.65. The van der Waals surface area contributed by atoms with E-state index in [0.717, 1.165) is 55.0 Å². The second-order valence-corrected chi connectivity index (χ2v) is 7.51. The predicted octanol–water partition coefficient (Wildman–Crippen LogP) is 5.99. The van der Waals surface area contributed by atoms with Gasteiger partial charge in [-0.2, -0.15) is 0 Å². The van der Waals surface area contributed by atoms with E-state index in [2.05, 4.69) is 45.5 Å².